The van der Waals surface area contributed by atoms with E-state index in [-0.39, 0.29) is 10.6 Å². The Kier molecular flexibility index (Phi) is 3.19. The van der Waals surface area contributed by atoms with Crippen molar-refractivity contribution in [2.75, 3.05) is 5.73 Å². The van der Waals surface area contributed by atoms with Crippen molar-refractivity contribution in [1.82, 2.24) is 10.2 Å². The second-order valence-corrected chi connectivity index (χ2v) is 5.54. The molecule has 21 heavy (non-hydrogen) atoms. The van der Waals surface area contributed by atoms with E-state index < -0.39 is 0 Å². The largest absolute Gasteiger partial charge is 0.382 e. The zero-order chi connectivity index (χ0) is 15.0. The molecule has 0 bridgehead atoms. The van der Waals surface area contributed by atoms with Gasteiger partial charge >= 0.3 is 0 Å². The molecule has 0 fully saturated rings. The van der Waals surface area contributed by atoms with E-state index >= 15 is 0 Å². The summed E-state index contributed by atoms with van der Waals surface area (Å²) < 4.78 is 0. The van der Waals surface area contributed by atoms with Crippen LogP contribution in [0.5, 0.6) is 0 Å². The number of nitrogens with two attached hydrogens (primary N) is 1. The molecule has 106 valence electrons. The van der Waals surface area contributed by atoms with Crippen molar-refractivity contribution in [1.29, 1.82) is 0 Å². The van der Waals surface area contributed by atoms with Gasteiger partial charge in [-0.15, -0.1) is 11.3 Å². The fourth-order valence-electron chi connectivity index (χ4n) is 2.25. The van der Waals surface area contributed by atoms with Crippen molar-refractivity contribution in [3.8, 4) is 21.7 Å². The van der Waals surface area contributed by atoms with Crippen LogP contribution in [-0.4, -0.2) is 15.1 Å². The molecule has 0 amide bonds. The molecule has 6 nitrogen and oxygen atoms in total. The van der Waals surface area contributed by atoms with Crippen LogP contribution in [0, 0.1) is 17.0 Å². The average Bonchev–Trinajstić information content (AvgIpc) is 3.06. The second-order valence-electron chi connectivity index (χ2n) is 4.59. The molecule has 0 aliphatic heterocycles. The molecule has 0 atom stereocenters. The van der Waals surface area contributed by atoms with Gasteiger partial charge in [0.05, 0.1) is 16.2 Å². The number of nitro groups is 1. The molecule has 3 rings (SSSR count). The average molecular weight is 300 g/mol. The minimum absolute atomic E-state index is 0.101. The predicted molar refractivity (Wildman–Crippen MR) is 83.1 cm³/mol. The smallest absolute Gasteiger partial charge is 0.272 e. The third-order valence-electron chi connectivity index (χ3n) is 3.24. The number of anilines is 1. The number of rotatable bonds is 3. The maximum Gasteiger partial charge on any atom is 0.272 e. The lowest BCUT2D eigenvalue weighted by Gasteiger charge is -2.04. The zero-order valence-corrected chi connectivity index (χ0v) is 12.0. The van der Waals surface area contributed by atoms with Crippen LogP contribution in [-0.2, 0) is 0 Å². The van der Waals surface area contributed by atoms with Gasteiger partial charge in [-0.25, -0.2) is 0 Å². The standard InChI is InChI=1S/C14H12N4O2S/c1-8-7-9(4-5-10(8)18(19)20)13-12(14(15)17-16-13)11-3-2-6-21-11/h2-7H,1H3,(H3,15,16,17). The third-order valence-corrected chi connectivity index (χ3v) is 4.13. The summed E-state index contributed by atoms with van der Waals surface area (Å²) in [5, 5.41) is 19.8. The highest BCUT2D eigenvalue weighted by atomic mass is 32.1. The molecule has 0 saturated carbocycles. The van der Waals surface area contributed by atoms with Crippen LogP contribution in [0.3, 0.4) is 0 Å². The van der Waals surface area contributed by atoms with Crippen molar-refractivity contribution >= 4 is 22.8 Å². The first-order chi connectivity index (χ1) is 10.1. The normalized spacial score (nSPS) is 10.7. The van der Waals surface area contributed by atoms with Crippen LogP contribution < -0.4 is 5.73 Å². The molecule has 0 saturated heterocycles. The number of benzene rings is 1. The van der Waals surface area contributed by atoms with E-state index in [0.29, 0.717) is 11.4 Å². The lowest BCUT2D eigenvalue weighted by atomic mass is 10.0. The lowest BCUT2D eigenvalue weighted by Crippen LogP contribution is -1.92. The zero-order valence-electron chi connectivity index (χ0n) is 11.2. The van der Waals surface area contributed by atoms with Crippen LogP contribution >= 0.6 is 11.3 Å². The Morgan fingerprint density at radius 1 is 1.38 bits per heavy atom. The van der Waals surface area contributed by atoms with E-state index in [9.17, 15) is 10.1 Å². The fraction of sp³-hybridized carbons (Fsp3) is 0.0714. The highest BCUT2D eigenvalue weighted by molar-refractivity contribution is 7.13. The summed E-state index contributed by atoms with van der Waals surface area (Å²) in [6.07, 6.45) is 0. The molecule has 2 heterocycles. The van der Waals surface area contributed by atoms with Gasteiger partial charge in [-0.1, -0.05) is 6.07 Å². The van der Waals surface area contributed by atoms with Gasteiger partial charge in [-0.3, -0.25) is 15.2 Å². The van der Waals surface area contributed by atoms with Crippen LogP contribution in [0.4, 0.5) is 11.5 Å². The summed E-state index contributed by atoms with van der Waals surface area (Å²) in [7, 11) is 0. The SMILES string of the molecule is Cc1cc(-c2[nH]nc(N)c2-c2cccs2)ccc1[N+](=O)[O-]. The summed E-state index contributed by atoms with van der Waals surface area (Å²) in [5.74, 6) is 0.420. The number of hydrogen-bond acceptors (Lipinski definition) is 5. The van der Waals surface area contributed by atoms with E-state index in [2.05, 4.69) is 10.2 Å². The van der Waals surface area contributed by atoms with Crippen molar-refractivity contribution in [2.24, 2.45) is 0 Å². The molecule has 0 unspecified atom stereocenters. The first kappa shape index (κ1) is 13.3. The number of aryl methyl sites for hydroxylation is 1. The highest BCUT2D eigenvalue weighted by Crippen LogP contribution is 2.38. The van der Waals surface area contributed by atoms with Gasteiger partial charge in [-0.2, -0.15) is 5.10 Å². The van der Waals surface area contributed by atoms with E-state index in [0.717, 1.165) is 21.7 Å². The third kappa shape index (κ3) is 2.27. The van der Waals surface area contributed by atoms with E-state index in [1.807, 2.05) is 17.5 Å². The van der Waals surface area contributed by atoms with Crippen LogP contribution in [0.1, 0.15) is 5.56 Å². The van der Waals surface area contributed by atoms with E-state index in [4.69, 9.17) is 5.73 Å². The number of hydrogen-bond donors (Lipinski definition) is 2. The van der Waals surface area contributed by atoms with Gasteiger partial charge in [0.1, 0.15) is 0 Å². The molecular formula is C14H12N4O2S. The van der Waals surface area contributed by atoms with Crippen molar-refractivity contribution in [3.63, 3.8) is 0 Å². The van der Waals surface area contributed by atoms with Crippen LogP contribution in [0.2, 0.25) is 0 Å². The van der Waals surface area contributed by atoms with E-state index in [1.54, 1.807) is 30.4 Å². The summed E-state index contributed by atoms with van der Waals surface area (Å²) in [5.41, 5.74) is 9.07. The number of nitrogen functional groups attached to an aromatic ring is 1. The number of nitrogens with one attached hydrogen (secondary N) is 1. The maximum absolute atomic E-state index is 10.9. The maximum atomic E-state index is 10.9. The van der Waals surface area contributed by atoms with Gasteiger partial charge < -0.3 is 5.73 Å². The van der Waals surface area contributed by atoms with Gasteiger partial charge in [-0.05, 0) is 30.5 Å². The Morgan fingerprint density at radius 3 is 2.81 bits per heavy atom. The van der Waals surface area contributed by atoms with Gasteiger partial charge in [0.25, 0.3) is 5.69 Å². The second kappa shape index (κ2) is 5.02. The first-order valence-electron chi connectivity index (χ1n) is 6.21. The predicted octanol–water partition coefficient (Wildman–Crippen LogP) is 3.60. The minimum atomic E-state index is -0.388. The van der Waals surface area contributed by atoms with Crippen molar-refractivity contribution in [3.05, 3.63) is 51.4 Å². The summed E-state index contributed by atoms with van der Waals surface area (Å²) >= 11 is 1.57. The summed E-state index contributed by atoms with van der Waals surface area (Å²) in [6, 6.07) is 8.88. The molecule has 7 heteroatoms. The number of aromatic nitrogens is 2. The van der Waals surface area contributed by atoms with Crippen LogP contribution in [0.15, 0.2) is 35.7 Å². The fourth-order valence-corrected chi connectivity index (χ4v) is 3.04. The van der Waals surface area contributed by atoms with Crippen molar-refractivity contribution < 1.29 is 4.92 Å². The number of nitro benzene ring substituents is 1. The lowest BCUT2D eigenvalue weighted by molar-refractivity contribution is -0.385. The molecule has 3 aromatic rings. The molecule has 2 aromatic heterocycles. The Balaban J connectivity index is 2.14. The van der Waals surface area contributed by atoms with Gasteiger partial charge in [0, 0.05) is 22.1 Å². The topological polar surface area (TPSA) is 97.8 Å². The molecular weight excluding hydrogens is 288 g/mol. The molecule has 0 aliphatic carbocycles. The van der Waals surface area contributed by atoms with Crippen LogP contribution in [0.25, 0.3) is 21.7 Å². The van der Waals surface area contributed by atoms with Gasteiger partial charge in [0.15, 0.2) is 5.82 Å². The number of nitrogens with zero attached hydrogens (tertiary/aromatic N) is 2. The summed E-state index contributed by atoms with van der Waals surface area (Å²) in [6.45, 7) is 1.71. The Hall–Kier alpha value is -2.67. The molecule has 1 aromatic carbocycles. The minimum Gasteiger partial charge on any atom is -0.382 e. The Bertz CT molecular complexity index is 809. The molecule has 3 N–H and O–H groups in total. The van der Waals surface area contributed by atoms with E-state index in [1.165, 1.54) is 6.07 Å². The van der Waals surface area contributed by atoms with Crippen molar-refractivity contribution in [2.45, 2.75) is 6.92 Å². The Morgan fingerprint density at radius 2 is 2.19 bits per heavy atom. The quantitative estimate of drug-likeness (QED) is 0.570. The molecule has 0 aliphatic rings. The first-order valence-corrected chi connectivity index (χ1v) is 7.09. The highest BCUT2D eigenvalue weighted by Gasteiger charge is 2.18. The Labute approximate surface area is 124 Å². The monoisotopic (exact) mass is 300 g/mol. The molecule has 0 radical (unpaired) electrons. The van der Waals surface area contributed by atoms with Gasteiger partial charge in [0.2, 0.25) is 0 Å². The summed E-state index contributed by atoms with van der Waals surface area (Å²) in [4.78, 5) is 11.5. The number of H-pyrrole nitrogens is 1. The molecule has 0 spiro atoms. The number of aromatic amines is 1. The number of thiophene rings is 1.